The third kappa shape index (κ3) is 3.41. The number of pyridine rings is 1. The number of anilines is 1. The van der Waals surface area contributed by atoms with Gasteiger partial charge in [0.25, 0.3) is 5.91 Å². The van der Waals surface area contributed by atoms with Crippen LogP contribution in [0.1, 0.15) is 10.4 Å². The van der Waals surface area contributed by atoms with E-state index in [9.17, 15) is 4.79 Å². The van der Waals surface area contributed by atoms with E-state index in [-0.39, 0.29) is 18.3 Å². The molecule has 3 aromatic rings. The lowest BCUT2D eigenvalue weighted by molar-refractivity contribution is 0.102. The van der Waals surface area contributed by atoms with Crippen LogP contribution in [-0.2, 0) is 0 Å². The van der Waals surface area contributed by atoms with Crippen LogP contribution in [0.15, 0.2) is 54.7 Å². The predicted molar refractivity (Wildman–Crippen MR) is 96.5 cm³/mol. The lowest BCUT2D eigenvalue weighted by Gasteiger charge is -2.12. The lowest BCUT2D eigenvalue weighted by atomic mass is 10.1. The summed E-state index contributed by atoms with van der Waals surface area (Å²) in [4.78, 5) is 16.7. The highest BCUT2D eigenvalue weighted by atomic mass is 35.5. The number of nitrogens with zero attached hydrogens (tertiary/aromatic N) is 1. The zero-order valence-electron chi connectivity index (χ0n) is 13.3. The highest BCUT2D eigenvalue weighted by Crippen LogP contribution is 2.34. The summed E-state index contributed by atoms with van der Waals surface area (Å²) in [6, 6.07) is 14.4. The van der Waals surface area contributed by atoms with Gasteiger partial charge in [0.1, 0.15) is 0 Å². The van der Waals surface area contributed by atoms with E-state index >= 15 is 0 Å². The Morgan fingerprint density at radius 2 is 1.67 bits per heavy atom. The molecule has 0 aliphatic heterocycles. The molecule has 3 rings (SSSR count). The molecule has 0 saturated heterocycles. The van der Waals surface area contributed by atoms with Gasteiger partial charge in [-0.1, -0.05) is 18.2 Å². The molecule has 1 N–H and O–H groups in total. The van der Waals surface area contributed by atoms with E-state index in [2.05, 4.69) is 10.3 Å². The summed E-state index contributed by atoms with van der Waals surface area (Å²) < 4.78 is 10.6. The van der Waals surface area contributed by atoms with Crippen LogP contribution in [-0.4, -0.2) is 25.1 Å². The number of carbonyl (C=O) groups excluding carboxylic acids is 1. The molecule has 24 heavy (non-hydrogen) atoms. The van der Waals surface area contributed by atoms with Gasteiger partial charge >= 0.3 is 0 Å². The number of carbonyl (C=O) groups is 1. The Balaban J connectivity index is 0.00000208. The maximum Gasteiger partial charge on any atom is 0.255 e. The predicted octanol–water partition coefficient (Wildman–Crippen LogP) is 3.93. The molecule has 1 amide bonds. The third-order valence-electron chi connectivity index (χ3n) is 3.53. The van der Waals surface area contributed by atoms with E-state index < -0.39 is 0 Å². The van der Waals surface area contributed by atoms with Crippen LogP contribution >= 0.6 is 12.4 Å². The first kappa shape index (κ1) is 17.6. The van der Waals surface area contributed by atoms with Gasteiger partial charge in [0.05, 0.1) is 25.4 Å². The molecule has 1 heterocycles. The molecule has 6 heteroatoms. The standard InChI is InChI=1S/C18H16N2O3.ClH/c1-22-16-10-13-14(8-9-19-15(13)11-17(16)23-2)20-18(21)12-6-4-3-5-7-12;/h3-11H,1-2H3,(H,19,20,21);1H. The number of hydrogen-bond acceptors (Lipinski definition) is 4. The second-order valence-corrected chi connectivity index (χ2v) is 4.90. The van der Waals surface area contributed by atoms with Crippen LogP contribution in [0.25, 0.3) is 10.9 Å². The average molecular weight is 345 g/mol. The van der Waals surface area contributed by atoms with Crippen LogP contribution < -0.4 is 14.8 Å². The summed E-state index contributed by atoms with van der Waals surface area (Å²) in [5, 5.41) is 3.70. The second kappa shape index (κ2) is 7.66. The smallest absolute Gasteiger partial charge is 0.255 e. The van der Waals surface area contributed by atoms with Crippen molar-refractivity contribution in [3.8, 4) is 11.5 Å². The van der Waals surface area contributed by atoms with E-state index in [0.717, 1.165) is 5.39 Å². The summed E-state index contributed by atoms with van der Waals surface area (Å²) in [5.74, 6) is 1.01. The summed E-state index contributed by atoms with van der Waals surface area (Å²) >= 11 is 0. The fourth-order valence-corrected chi connectivity index (χ4v) is 2.37. The summed E-state index contributed by atoms with van der Waals surface area (Å²) in [5.41, 5.74) is 1.98. The minimum Gasteiger partial charge on any atom is -0.493 e. The first-order chi connectivity index (χ1) is 11.2. The van der Waals surface area contributed by atoms with Crippen molar-refractivity contribution < 1.29 is 14.3 Å². The maximum absolute atomic E-state index is 12.3. The van der Waals surface area contributed by atoms with E-state index in [0.29, 0.717) is 28.3 Å². The second-order valence-electron chi connectivity index (χ2n) is 4.90. The number of benzene rings is 2. The van der Waals surface area contributed by atoms with Crippen molar-refractivity contribution in [3.05, 3.63) is 60.3 Å². The van der Waals surface area contributed by atoms with Gasteiger partial charge in [-0.05, 0) is 24.3 Å². The Hall–Kier alpha value is -2.79. The molecule has 0 aliphatic rings. The molecule has 0 spiro atoms. The highest BCUT2D eigenvalue weighted by Gasteiger charge is 2.12. The maximum atomic E-state index is 12.3. The first-order valence-electron chi connectivity index (χ1n) is 7.10. The van der Waals surface area contributed by atoms with Crippen LogP contribution in [0.3, 0.4) is 0 Å². The molecule has 0 atom stereocenters. The van der Waals surface area contributed by atoms with Crippen LogP contribution in [0.5, 0.6) is 11.5 Å². The third-order valence-corrected chi connectivity index (χ3v) is 3.53. The van der Waals surface area contributed by atoms with Gasteiger partial charge in [-0.2, -0.15) is 0 Å². The Bertz CT molecular complexity index is 854. The van der Waals surface area contributed by atoms with Crippen molar-refractivity contribution in [2.75, 3.05) is 19.5 Å². The molecule has 0 saturated carbocycles. The SMILES string of the molecule is COc1cc2nccc(NC(=O)c3ccccc3)c2cc1OC.Cl. The molecular formula is C18H17ClN2O3. The van der Waals surface area contributed by atoms with Gasteiger partial charge in [0.15, 0.2) is 11.5 Å². The Morgan fingerprint density at radius 1 is 1.00 bits per heavy atom. The number of hydrogen-bond donors (Lipinski definition) is 1. The largest absolute Gasteiger partial charge is 0.493 e. The number of nitrogens with one attached hydrogen (secondary N) is 1. The minimum atomic E-state index is -0.173. The van der Waals surface area contributed by atoms with Gasteiger partial charge in [0, 0.05) is 23.2 Å². The zero-order chi connectivity index (χ0) is 16.2. The van der Waals surface area contributed by atoms with E-state index in [4.69, 9.17) is 9.47 Å². The fraction of sp³-hybridized carbons (Fsp3) is 0.111. The Kier molecular flexibility index (Phi) is 5.60. The van der Waals surface area contributed by atoms with Crippen molar-refractivity contribution in [2.45, 2.75) is 0 Å². The number of fused-ring (bicyclic) bond motifs is 1. The van der Waals surface area contributed by atoms with Crippen molar-refractivity contribution in [1.29, 1.82) is 0 Å². The summed E-state index contributed by atoms with van der Waals surface area (Å²) in [6.45, 7) is 0. The Labute approximate surface area is 146 Å². The number of rotatable bonds is 4. The molecule has 0 unspecified atom stereocenters. The van der Waals surface area contributed by atoms with Gasteiger partial charge in [0.2, 0.25) is 0 Å². The van der Waals surface area contributed by atoms with Gasteiger partial charge < -0.3 is 14.8 Å². The molecular weight excluding hydrogens is 328 g/mol. The Morgan fingerprint density at radius 3 is 2.33 bits per heavy atom. The molecule has 124 valence electrons. The molecule has 5 nitrogen and oxygen atoms in total. The van der Waals surface area contributed by atoms with Gasteiger partial charge in [-0.3, -0.25) is 9.78 Å². The lowest BCUT2D eigenvalue weighted by Crippen LogP contribution is -2.12. The van der Waals surface area contributed by atoms with Crippen LogP contribution in [0, 0.1) is 0 Å². The van der Waals surface area contributed by atoms with Gasteiger partial charge in [-0.15, -0.1) is 12.4 Å². The van der Waals surface area contributed by atoms with Crippen molar-refractivity contribution in [3.63, 3.8) is 0 Å². The number of ether oxygens (including phenoxy) is 2. The van der Waals surface area contributed by atoms with Crippen LogP contribution in [0.2, 0.25) is 0 Å². The monoisotopic (exact) mass is 344 g/mol. The van der Waals surface area contributed by atoms with E-state index in [1.165, 1.54) is 0 Å². The number of methoxy groups -OCH3 is 2. The molecule has 0 fully saturated rings. The zero-order valence-corrected chi connectivity index (χ0v) is 14.1. The number of aromatic nitrogens is 1. The highest BCUT2D eigenvalue weighted by molar-refractivity contribution is 6.08. The summed E-state index contributed by atoms with van der Waals surface area (Å²) in [6.07, 6.45) is 1.65. The van der Waals surface area contributed by atoms with E-state index in [1.54, 1.807) is 44.7 Å². The molecule has 2 aromatic carbocycles. The number of amides is 1. The van der Waals surface area contributed by atoms with Gasteiger partial charge in [-0.25, -0.2) is 0 Å². The van der Waals surface area contributed by atoms with Crippen molar-refractivity contribution in [1.82, 2.24) is 4.98 Å². The molecule has 0 aliphatic carbocycles. The first-order valence-corrected chi connectivity index (χ1v) is 7.10. The average Bonchev–Trinajstić information content (AvgIpc) is 2.61. The molecule has 0 bridgehead atoms. The molecule has 1 aromatic heterocycles. The number of halogens is 1. The molecule has 0 radical (unpaired) electrons. The normalized spacial score (nSPS) is 9.92. The van der Waals surface area contributed by atoms with Crippen molar-refractivity contribution in [2.24, 2.45) is 0 Å². The minimum absolute atomic E-state index is 0. The van der Waals surface area contributed by atoms with Crippen LogP contribution in [0.4, 0.5) is 5.69 Å². The van der Waals surface area contributed by atoms with Crippen molar-refractivity contribution >= 4 is 34.9 Å². The topological polar surface area (TPSA) is 60.5 Å². The van der Waals surface area contributed by atoms with E-state index in [1.807, 2.05) is 24.3 Å². The fourth-order valence-electron chi connectivity index (χ4n) is 2.37. The summed E-state index contributed by atoms with van der Waals surface area (Å²) in [7, 11) is 3.15. The quantitative estimate of drug-likeness (QED) is 0.779.